The van der Waals surface area contributed by atoms with Crippen molar-refractivity contribution in [2.75, 3.05) is 25.7 Å². The van der Waals surface area contributed by atoms with Crippen molar-refractivity contribution in [1.29, 1.82) is 0 Å². The Labute approximate surface area is 191 Å². The number of thiophene rings is 1. The lowest BCUT2D eigenvalue weighted by Crippen LogP contribution is -2.38. The zero-order valence-corrected chi connectivity index (χ0v) is 20.0. The van der Waals surface area contributed by atoms with Crippen LogP contribution < -0.4 is 14.2 Å². The lowest BCUT2D eigenvalue weighted by Gasteiger charge is -2.27. The lowest BCUT2D eigenvalue weighted by molar-refractivity contribution is 0.0597. The molecule has 0 bridgehead atoms. The first-order valence-corrected chi connectivity index (χ1v) is 13.5. The van der Waals surface area contributed by atoms with Gasteiger partial charge < -0.3 is 9.47 Å². The maximum absolute atomic E-state index is 13.3. The first kappa shape index (κ1) is 24.2. The summed E-state index contributed by atoms with van der Waals surface area (Å²) in [6, 6.07) is 3.60. The summed E-state index contributed by atoms with van der Waals surface area (Å²) in [7, 11) is -5.03. The van der Waals surface area contributed by atoms with Crippen molar-refractivity contribution in [2.24, 2.45) is 0 Å². The number of thiol groups is 1. The van der Waals surface area contributed by atoms with Crippen molar-refractivity contribution >= 4 is 43.9 Å². The predicted molar refractivity (Wildman–Crippen MR) is 119 cm³/mol. The molecule has 3 rings (SSSR count). The second-order valence-electron chi connectivity index (χ2n) is 6.97. The summed E-state index contributed by atoms with van der Waals surface area (Å²) in [6.07, 6.45) is 1.02. The molecule has 0 fully saturated rings. The third kappa shape index (κ3) is 4.95. The molecule has 1 aliphatic rings. The Kier molecular flexibility index (Phi) is 7.22. The Morgan fingerprint density at radius 2 is 1.91 bits per heavy atom. The van der Waals surface area contributed by atoms with E-state index in [0.29, 0.717) is 28.5 Å². The van der Waals surface area contributed by atoms with Crippen molar-refractivity contribution in [3.8, 4) is 11.5 Å². The molecular formula is C19H22N2O8S3. The van der Waals surface area contributed by atoms with Crippen LogP contribution in [-0.2, 0) is 27.3 Å². The molecule has 0 saturated heterocycles. The number of hydrogen-bond acceptors (Lipinski definition) is 9. The summed E-state index contributed by atoms with van der Waals surface area (Å²) < 4.78 is 59.2. The highest BCUT2D eigenvalue weighted by atomic mass is 32.2. The predicted octanol–water partition coefficient (Wildman–Crippen LogP) is 1.15. The largest absolute Gasteiger partial charge is 0.493 e. The summed E-state index contributed by atoms with van der Waals surface area (Å²) in [4.78, 5) is 27.7. The van der Waals surface area contributed by atoms with Gasteiger partial charge in [-0.15, -0.1) is 11.3 Å². The summed E-state index contributed by atoms with van der Waals surface area (Å²) in [5, 5.41) is 1.47. The molecule has 1 unspecified atom stereocenters. The number of amides is 2. The van der Waals surface area contributed by atoms with Gasteiger partial charge in [-0.05, 0) is 24.6 Å². The van der Waals surface area contributed by atoms with Crippen LogP contribution in [0.2, 0.25) is 0 Å². The van der Waals surface area contributed by atoms with Gasteiger partial charge >= 0.3 is 0 Å². The number of imide groups is 1. The van der Waals surface area contributed by atoms with Crippen LogP contribution >= 0.6 is 11.3 Å². The van der Waals surface area contributed by atoms with Crippen LogP contribution in [0.5, 0.6) is 11.5 Å². The van der Waals surface area contributed by atoms with Gasteiger partial charge in [0.2, 0.25) is 10.9 Å². The minimum absolute atomic E-state index is 0.0846. The quantitative estimate of drug-likeness (QED) is 0.365. The van der Waals surface area contributed by atoms with Gasteiger partial charge in [0.25, 0.3) is 11.8 Å². The third-order valence-corrected chi connectivity index (χ3v) is 7.09. The molecule has 2 heterocycles. The smallest absolute Gasteiger partial charge is 0.263 e. The zero-order valence-electron chi connectivity index (χ0n) is 17.5. The van der Waals surface area contributed by atoms with Gasteiger partial charge in [0.15, 0.2) is 11.5 Å². The maximum Gasteiger partial charge on any atom is 0.263 e. The molecule has 1 atom stereocenters. The van der Waals surface area contributed by atoms with Crippen molar-refractivity contribution < 1.29 is 35.9 Å². The Hall–Kier alpha value is -2.48. The molecule has 1 N–H and O–H groups in total. The Balaban J connectivity index is 2.06. The van der Waals surface area contributed by atoms with Gasteiger partial charge in [-0.2, -0.15) is 0 Å². The van der Waals surface area contributed by atoms with Gasteiger partial charge in [0.05, 0.1) is 36.6 Å². The number of hydrogen-bond donors (Lipinski definition) is 2. The van der Waals surface area contributed by atoms with Gasteiger partial charge in [-0.1, -0.05) is 6.07 Å². The van der Waals surface area contributed by atoms with E-state index in [1.54, 1.807) is 25.1 Å². The number of sulfone groups is 1. The number of rotatable bonds is 10. The molecule has 174 valence electrons. The number of nitrogens with one attached hydrogen (secondary N) is 1. The standard InChI is InChI=1S/C19H22N2O8S3/c1-4-29-15-7-11(5-6-14(15)28-2)13(10-32(3,26)27)21-18(22)12-9-30-16(8-20-31(24)25)17(12)19(21)23/h5-7,9,13,31H,4,8,10H2,1-3H3,(H,20,24,25). The SMILES string of the molecule is CCOc1cc(C(CS(C)(=O)=O)N2C(=O)c3csc(CN[SH](=O)=O)c3C2=O)ccc1OC. The minimum atomic E-state index is -3.61. The highest BCUT2D eigenvalue weighted by Gasteiger charge is 2.44. The fourth-order valence-electron chi connectivity index (χ4n) is 3.46. The van der Waals surface area contributed by atoms with Gasteiger partial charge in [0.1, 0.15) is 9.84 Å². The van der Waals surface area contributed by atoms with E-state index in [-0.39, 0.29) is 17.7 Å². The highest BCUT2D eigenvalue weighted by molar-refractivity contribution is 7.90. The molecule has 1 aromatic carbocycles. The third-order valence-electron chi connectivity index (χ3n) is 4.76. The van der Waals surface area contributed by atoms with Crippen LogP contribution in [0.3, 0.4) is 0 Å². The monoisotopic (exact) mass is 502 g/mol. The molecule has 0 saturated carbocycles. The molecular weight excluding hydrogens is 480 g/mol. The van der Waals surface area contributed by atoms with Crippen molar-refractivity contribution in [2.45, 2.75) is 19.5 Å². The second-order valence-corrected chi connectivity index (χ2v) is 11.0. The highest BCUT2D eigenvalue weighted by Crippen LogP contribution is 2.39. The minimum Gasteiger partial charge on any atom is -0.493 e. The molecule has 0 aliphatic carbocycles. The summed E-state index contributed by atoms with van der Waals surface area (Å²) in [6.45, 7) is 1.96. The van der Waals surface area contributed by atoms with Gasteiger partial charge in [-0.3, -0.25) is 14.5 Å². The van der Waals surface area contributed by atoms with Crippen LogP contribution in [0.15, 0.2) is 23.6 Å². The van der Waals surface area contributed by atoms with Crippen LogP contribution in [0.25, 0.3) is 0 Å². The molecule has 0 spiro atoms. The molecule has 13 heteroatoms. The fraction of sp³-hybridized carbons (Fsp3) is 0.368. The van der Waals surface area contributed by atoms with E-state index in [1.165, 1.54) is 12.5 Å². The first-order chi connectivity index (χ1) is 15.1. The fourth-order valence-corrected chi connectivity index (χ4v) is 5.72. The lowest BCUT2D eigenvalue weighted by atomic mass is 10.1. The zero-order chi connectivity index (χ0) is 23.6. The van der Waals surface area contributed by atoms with Crippen molar-refractivity contribution in [3.63, 3.8) is 0 Å². The van der Waals surface area contributed by atoms with Gasteiger partial charge in [0, 0.05) is 23.1 Å². The van der Waals surface area contributed by atoms with Crippen molar-refractivity contribution in [3.05, 3.63) is 45.1 Å². The average molecular weight is 503 g/mol. The van der Waals surface area contributed by atoms with Crippen LogP contribution in [0, 0.1) is 0 Å². The Morgan fingerprint density at radius 3 is 2.50 bits per heavy atom. The average Bonchev–Trinajstić information content (AvgIpc) is 3.24. The number of carbonyl (C=O) groups excluding carboxylic acids is 2. The maximum atomic E-state index is 13.3. The molecule has 32 heavy (non-hydrogen) atoms. The number of methoxy groups -OCH3 is 1. The first-order valence-electron chi connectivity index (χ1n) is 9.42. The number of carbonyl (C=O) groups is 2. The molecule has 10 nitrogen and oxygen atoms in total. The number of fused-ring (bicyclic) bond motifs is 1. The normalized spacial score (nSPS) is 14.7. The molecule has 1 aromatic heterocycles. The second kappa shape index (κ2) is 9.57. The van der Waals surface area contributed by atoms with Gasteiger partial charge in [-0.25, -0.2) is 21.6 Å². The van der Waals surface area contributed by atoms with Crippen LogP contribution in [0.1, 0.15) is 44.1 Å². The van der Waals surface area contributed by atoms with E-state index in [4.69, 9.17) is 9.47 Å². The van der Waals surface area contributed by atoms with Crippen molar-refractivity contribution in [1.82, 2.24) is 9.62 Å². The summed E-state index contributed by atoms with van der Waals surface area (Å²) >= 11 is 1.09. The van der Waals surface area contributed by atoms with E-state index < -0.39 is 44.3 Å². The van der Waals surface area contributed by atoms with E-state index in [1.807, 2.05) is 0 Å². The topological polar surface area (TPSA) is 136 Å². The van der Waals surface area contributed by atoms with E-state index in [2.05, 4.69) is 4.72 Å². The molecule has 0 radical (unpaired) electrons. The van der Waals surface area contributed by atoms with Crippen LogP contribution in [0.4, 0.5) is 0 Å². The summed E-state index contributed by atoms with van der Waals surface area (Å²) in [5.74, 6) is -1.03. The van der Waals surface area contributed by atoms with E-state index in [0.717, 1.165) is 22.5 Å². The number of ether oxygens (including phenoxy) is 2. The van der Waals surface area contributed by atoms with Crippen LogP contribution in [-0.4, -0.2) is 59.3 Å². The Bertz CT molecular complexity index is 1230. The Morgan fingerprint density at radius 1 is 1.19 bits per heavy atom. The molecule has 2 amide bonds. The molecule has 2 aromatic rings. The number of benzene rings is 1. The summed E-state index contributed by atoms with van der Waals surface area (Å²) in [5.41, 5.74) is 0.592. The molecule has 1 aliphatic heterocycles. The number of nitrogens with zero attached hydrogens (tertiary/aromatic N) is 1. The van der Waals surface area contributed by atoms with E-state index in [9.17, 15) is 26.4 Å². The van der Waals surface area contributed by atoms with E-state index >= 15 is 0 Å².